The van der Waals surface area contributed by atoms with Crippen molar-refractivity contribution in [3.63, 3.8) is 0 Å². The van der Waals surface area contributed by atoms with E-state index >= 15 is 0 Å². The number of carbonyl (C=O) groups is 1. The second-order valence-corrected chi connectivity index (χ2v) is 5.36. The molecule has 0 bridgehead atoms. The fourth-order valence-corrected chi connectivity index (χ4v) is 2.56. The second-order valence-electron chi connectivity index (χ2n) is 5.36. The summed E-state index contributed by atoms with van der Waals surface area (Å²) in [6, 6.07) is 7.94. The fourth-order valence-electron chi connectivity index (χ4n) is 2.56. The highest BCUT2D eigenvalue weighted by atomic mass is 16.5. The summed E-state index contributed by atoms with van der Waals surface area (Å²) < 4.78 is 5.16. The van der Waals surface area contributed by atoms with E-state index in [-0.39, 0.29) is 11.9 Å². The third-order valence-electron chi connectivity index (χ3n) is 4.02. The topological polar surface area (TPSA) is 41.6 Å². The Labute approximate surface area is 121 Å². The lowest BCUT2D eigenvalue weighted by Crippen LogP contribution is -2.42. The van der Waals surface area contributed by atoms with Crippen LogP contribution in [-0.2, 0) is 4.74 Å². The van der Waals surface area contributed by atoms with Gasteiger partial charge < -0.3 is 15.0 Å². The van der Waals surface area contributed by atoms with Crippen LogP contribution in [0, 0.1) is 5.92 Å². The van der Waals surface area contributed by atoms with Crippen LogP contribution >= 0.6 is 0 Å². The average molecular weight is 276 g/mol. The molecule has 1 saturated carbocycles. The maximum absolute atomic E-state index is 12.8. The Balaban J connectivity index is 2.20. The maximum atomic E-state index is 12.8. The van der Waals surface area contributed by atoms with E-state index in [1.807, 2.05) is 36.2 Å². The molecule has 20 heavy (non-hydrogen) atoms. The van der Waals surface area contributed by atoms with Crippen LogP contribution in [0.5, 0.6) is 0 Å². The molecule has 1 fully saturated rings. The normalized spacial score (nSPS) is 15.8. The summed E-state index contributed by atoms with van der Waals surface area (Å²) >= 11 is 0. The fraction of sp³-hybridized carbons (Fsp3) is 0.562. The van der Waals surface area contributed by atoms with Gasteiger partial charge in [0, 0.05) is 32.4 Å². The number of ether oxygens (including phenoxy) is 1. The number of nitrogens with zero attached hydrogens (tertiary/aromatic N) is 1. The Bertz CT molecular complexity index is 458. The molecule has 1 aliphatic rings. The van der Waals surface area contributed by atoms with Gasteiger partial charge in [0.25, 0.3) is 5.91 Å². The van der Waals surface area contributed by atoms with Gasteiger partial charge in [-0.05, 0) is 37.8 Å². The summed E-state index contributed by atoms with van der Waals surface area (Å²) in [5, 5.41) is 3.09. The van der Waals surface area contributed by atoms with Crippen molar-refractivity contribution in [3.8, 4) is 0 Å². The molecular weight excluding hydrogens is 252 g/mol. The van der Waals surface area contributed by atoms with Crippen molar-refractivity contribution < 1.29 is 9.53 Å². The van der Waals surface area contributed by atoms with Crippen LogP contribution in [0.15, 0.2) is 24.3 Å². The van der Waals surface area contributed by atoms with Gasteiger partial charge in [-0.3, -0.25) is 4.79 Å². The van der Waals surface area contributed by atoms with Crippen LogP contribution in [0.2, 0.25) is 0 Å². The van der Waals surface area contributed by atoms with E-state index < -0.39 is 0 Å². The zero-order valence-corrected chi connectivity index (χ0v) is 12.6. The van der Waals surface area contributed by atoms with Gasteiger partial charge in [0.1, 0.15) is 0 Å². The van der Waals surface area contributed by atoms with E-state index in [0.29, 0.717) is 19.1 Å². The number of hydrogen-bond donors (Lipinski definition) is 1. The highest BCUT2D eigenvalue weighted by molar-refractivity contribution is 5.99. The molecule has 1 atom stereocenters. The first-order valence-electron chi connectivity index (χ1n) is 7.25. The van der Waals surface area contributed by atoms with Crippen LogP contribution < -0.4 is 5.32 Å². The minimum Gasteiger partial charge on any atom is -0.387 e. The Morgan fingerprint density at radius 2 is 2.15 bits per heavy atom. The van der Waals surface area contributed by atoms with E-state index in [2.05, 4.69) is 12.2 Å². The predicted octanol–water partition coefficient (Wildman–Crippen LogP) is 2.62. The molecule has 0 radical (unpaired) electrons. The molecule has 0 aliphatic heterocycles. The quantitative estimate of drug-likeness (QED) is 0.832. The summed E-state index contributed by atoms with van der Waals surface area (Å²) in [6.45, 7) is 3.36. The molecule has 0 saturated heterocycles. The van der Waals surface area contributed by atoms with E-state index in [1.165, 1.54) is 12.8 Å². The Morgan fingerprint density at radius 1 is 1.45 bits per heavy atom. The van der Waals surface area contributed by atoms with E-state index in [9.17, 15) is 4.79 Å². The molecular formula is C16H24N2O2. The molecule has 1 amide bonds. The molecule has 0 heterocycles. The lowest BCUT2D eigenvalue weighted by molar-refractivity contribution is 0.0595. The van der Waals surface area contributed by atoms with Crippen molar-refractivity contribution >= 4 is 11.6 Å². The van der Waals surface area contributed by atoms with Gasteiger partial charge in [-0.15, -0.1) is 0 Å². The van der Waals surface area contributed by atoms with Crippen molar-refractivity contribution in [1.82, 2.24) is 4.90 Å². The first-order chi connectivity index (χ1) is 9.69. The summed E-state index contributed by atoms with van der Waals surface area (Å²) in [7, 11) is 3.52. The van der Waals surface area contributed by atoms with Crippen molar-refractivity contribution in [2.75, 3.05) is 32.6 Å². The summed E-state index contributed by atoms with van der Waals surface area (Å²) in [6.07, 6.45) is 2.46. The molecule has 2 rings (SSSR count). The Kier molecular flexibility index (Phi) is 5.01. The number of para-hydroxylation sites is 1. The minimum absolute atomic E-state index is 0.0893. The Hall–Kier alpha value is -1.55. The number of rotatable bonds is 7. The maximum Gasteiger partial charge on any atom is 0.256 e. The number of benzene rings is 1. The van der Waals surface area contributed by atoms with E-state index in [4.69, 9.17) is 4.74 Å². The van der Waals surface area contributed by atoms with Gasteiger partial charge in [0.05, 0.1) is 12.2 Å². The van der Waals surface area contributed by atoms with Gasteiger partial charge in [-0.1, -0.05) is 12.1 Å². The number of nitrogens with one attached hydrogen (secondary N) is 1. The zero-order valence-electron chi connectivity index (χ0n) is 12.6. The lowest BCUT2D eigenvalue weighted by atomic mass is 10.1. The molecule has 110 valence electrons. The highest BCUT2D eigenvalue weighted by Gasteiger charge is 2.34. The number of hydrogen-bond acceptors (Lipinski definition) is 3. The van der Waals surface area contributed by atoms with Crippen LogP contribution in [0.4, 0.5) is 5.69 Å². The second kappa shape index (κ2) is 6.75. The summed E-state index contributed by atoms with van der Waals surface area (Å²) in [5.41, 5.74) is 1.61. The molecule has 1 aromatic rings. The third kappa shape index (κ3) is 3.31. The highest BCUT2D eigenvalue weighted by Crippen LogP contribution is 2.35. The van der Waals surface area contributed by atoms with Crippen molar-refractivity contribution in [2.45, 2.75) is 25.8 Å². The van der Waals surface area contributed by atoms with Crippen LogP contribution in [0.1, 0.15) is 30.1 Å². The summed E-state index contributed by atoms with van der Waals surface area (Å²) in [5.74, 6) is 0.740. The molecule has 4 heteroatoms. The predicted molar refractivity (Wildman–Crippen MR) is 81.1 cm³/mol. The smallest absolute Gasteiger partial charge is 0.256 e. The monoisotopic (exact) mass is 276 g/mol. The standard InChI is InChI=1S/C16H24N2O2/c1-12(13-8-9-13)18(10-11-20-3)16(19)14-6-4-5-7-15(14)17-2/h4-7,12-13,17H,8-11H2,1-3H3. The molecule has 1 N–H and O–H groups in total. The van der Waals surface area contributed by atoms with E-state index in [1.54, 1.807) is 7.11 Å². The van der Waals surface area contributed by atoms with Gasteiger partial charge in [-0.2, -0.15) is 0 Å². The molecule has 0 spiro atoms. The van der Waals surface area contributed by atoms with Gasteiger partial charge in [0.15, 0.2) is 0 Å². The number of amides is 1. The first kappa shape index (κ1) is 14.9. The minimum atomic E-state index is 0.0893. The van der Waals surface area contributed by atoms with Gasteiger partial charge >= 0.3 is 0 Å². The van der Waals surface area contributed by atoms with Crippen molar-refractivity contribution in [3.05, 3.63) is 29.8 Å². The lowest BCUT2D eigenvalue weighted by Gasteiger charge is -2.30. The van der Waals surface area contributed by atoms with Crippen LogP contribution in [0.3, 0.4) is 0 Å². The number of carbonyl (C=O) groups excluding carboxylic acids is 1. The van der Waals surface area contributed by atoms with Gasteiger partial charge in [-0.25, -0.2) is 0 Å². The Morgan fingerprint density at radius 3 is 2.75 bits per heavy atom. The van der Waals surface area contributed by atoms with E-state index in [0.717, 1.165) is 11.3 Å². The van der Waals surface area contributed by atoms with Crippen LogP contribution in [0.25, 0.3) is 0 Å². The average Bonchev–Trinajstić information content (AvgIpc) is 3.31. The molecule has 0 aromatic heterocycles. The summed E-state index contributed by atoms with van der Waals surface area (Å²) in [4.78, 5) is 14.8. The zero-order chi connectivity index (χ0) is 14.5. The van der Waals surface area contributed by atoms with Gasteiger partial charge in [0.2, 0.25) is 0 Å². The van der Waals surface area contributed by atoms with Crippen molar-refractivity contribution in [2.24, 2.45) is 5.92 Å². The molecule has 1 aromatic carbocycles. The largest absolute Gasteiger partial charge is 0.387 e. The van der Waals surface area contributed by atoms with Crippen LogP contribution in [-0.4, -0.2) is 44.2 Å². The third-order valence-corrected chi connectivity index (χ3v) is 4.02. The molecule has 1 unspecified atom stereocenters. The SMILES string of the molecule is CNc1ccccc1C(=O)N(CCOC)C(C)C1CC1. The molecule has 4 nitrogen and oxygen atoms in total. The number of anilines is 1. The van der Waals surface area contributed by atoms with Crippen molar-refractivity contribution in [1.29, 1.82) is 0 Å². The first-order valence-corrected chi connectivity index (χ1v) is 7.25. The molecule has 1 aliphatic carbocycles. The number of methoxy groups -OCH3 is 1.